The zero-order chi connectivity index (χ0) is 24.7. The molecule has 182 valence electrons. The lowest BCUT2D eigenvalue weighted by molar-refractivity contribution is -0.165. The molecule has 1 aromatic rings. The first-order chi connectivity index (χ1) is 15.5. The summed E-state index contributed by atoms with van der Waals surface area (Å²) in [4.78, 5) is 62.4. The number of halogens is 1. The van der Waals surface area contributed by atoms with Crippen LogP contribution in [-0.2, 0) is 33.3 Å². The van der Waals surface area contributed by atoms with Gasteiger partial charge in [-0.15, -0.1) is 0 Å². The monoisotopic (exact) mass is 580 g/mol. The van der Waals surface area contributed by atoms with E-state index in [9.17, 15) is 24.0 Å². The fourth-order valence-electron chi connectivity index (χ4n) is 3.05. The smallest absolute Gasteiger partial charge is 0.412 e. The summed E-state index contributed by atoms with van der Waals surface area (Å²) >= 11 is 1.86. The molecule has 0 radical (unpaired) electrons. The summed E-state index contributed by atoms with van der Waals surface area (Å²) < 4.78 is 22.7. The van der Waals surface area contributed by atoms with Gasteiger partial charge in [-0.25, -0.2) is 9.59 Å². The summed E-state index contributed by atoms with van der Waals surface area (Å²) in [5.41, 5.74) is -0.797. The molecule has 1 fully saturated rings. The van der Waals surface area contributed by atoms with Crippen LogP contribution in [0.15, 0.2) is 11.0 Å². The highest BCUT2D eigenvalue weighted by atomic mass is 127. The molecule has 2 unspecified atom stereocenters. The SMILES string of the molecule is CC(=O)NCCCOC(=O)Nc1nc(=O)n([C@@H]2O[C@H](C)C(OC(C)=O)C2OC(C)=O)cc1I. The molecular weight excluding hydrogens is 555 g/mol. The molecule has 2 N–H and O–H groups in total. The second-order valence-electron chi connectivity index (χ2n) is 7.10. The van der Waals surface area contributed by atoms with Gasteiger partial charge in [-0.2, -0.15) is 4.98 Å². The molecule has 1 aliphatic heterocycles. The highest BCUT2D eigenvalue weighted by Gasteiger charge is 2.48. The van der Waals surface area contributed by atoms with E-state index in [0.29, 0.717) is 16.5 Å². The Hall–Kier alpha value is -2.75. The van der Waals surface area contributed by atoms with Crippen molar-refractivity contribution in [1.82, 2.24) is 14.9 Å². The van der Waals surface area contributed by atoms with Crippen molar-refractivity contribution < 1.29 is 38.1 Å². The molecular formula is C19H25IN4O9. The predicted octanol–water partition coefficient (Wildman–Crippen LogP) is 0.703. The van der Waals surface area contributed by atoms with Gasteiger partial charge in [0.2, 0.25) is 5.91 Å². The second kappa shape index (κ2) is 11.9. The number of ether oxygens (including phenoxy) is 4. The third-order valence-electron chi connectivity index (χ3n) is 4.36. The van der Waals surface area contributed by atoms with Gasteiger partial charge in [0.25, 0.3) is 0 Å². The van der Waals surface area contributed by atoms with E-state index in [2.05, 4.69) is 15.6 Å². The quantitative estimate of drug-likeness (QED) is 0.194. The van der Waals surface area contributed by atoms with Crippen molar-refractivity contribution in [2.75, 3.05) is 18.5 Å². The molecule has 4 atom stereocenters. The standard InChI is InChI=1S/C19H25IN4O9/c1-9-14(32-11(3)26)15(33-12(4)27)17(31-9)24-8-13(20)16(22-18(24)28)23-19(29)30-7-5-6-21-10(2)25/h8-9,14-15,17H,5-7H2,1-4H3,(H,21,25)(H,22,23,28,29)/t9-,14?,15?,17-/m1/s1. The molecule has 2 heterocycles. The molecule has 14 heteroatoms. The summed E-state index contributed by atoms with van der Waals surface area (Å²) in [6.07, 6.45) is -2.81. The molecule has 1 aliphatic rings. The van der Waals surface area contributed by atoms with Crippen molar-refractivity contribution in [3.05, 3.63) is 20.3 Å². The van der Waals surface area contributed by atoms with Crippen molar-refractivity contribution in [2.24, 2.45) is 0 Å². The minimum Gasteiger partial charge on any atom is -0.456 e. The Morgan fingerprint density at radius 3 is 2.39 bits per heavy atom. The number of esters is 2. The van der Waals surface area contributed by atoms with Crippen molar-refractivity contribution in [2.45, 2.75) is 58.7 Å². The lowest BCUT2D eigenvalue weighted by Gasteiger charge is -2.23. The average Bonchev–Trinajstić information content (AvgIpc) is 2.98. The van der Waals surface area contributed by atoms with E-state index in [1.165, 1.54) is 27.0 Å². The molecule has 0 aromatic carbocycles. The third-order valence-corrected chi connectivity index (χ3v) is 5.14. The van der Waals surface area contributed by atoms with E-state index >= 15 is 0 Å². The molecule has 33 heavy (non-hydrogen) atoms. The maximum atomic E-state index is 12.7. The Bertz CT molecular complexity index is 967. The van der Waals surface area contributed by atoms with E-state index in [0.717, 1.165) is 4.57 Å². The predicted molar refractivity (Wildman–Crippen MR) is 120 cm³/mol. The molecule has 1 saturated heterocycles. The molecule has 1 aromatic heterocycles. The largest absolute Gasteiger partial charge is 0.456 e. The number of nitrogens with one attached hydrogen (secondary N) is 2. The number of nitrogens with zero attached hydrogens (tertiary/aromatic N) is 2. The van der Waals surface area contributed by atoms with Gasteiger partial charge in [0.05, 0.1) is 16.3 Å². The van der Waals surface area contributed by atoms with Crippen LogP contribution in [0, 0.1) is 3.57 Å². The maximum absolute atomic E-state index is 12.7. The van der Waals surface area contributed by atoms with Crippen LogP contribution in [0.4, 0.5) is 10.6 Å². The van der Waals surface area contributed by atoms with E-state index in [1.807, 2.05) is 22.6 Å². The topological polar surface area (TPSA) is 164 Å². The van der Waals surface area contributed by atoms with Gasteiger partial charge in [-0.3, -0.25) is 24.3 Å². The summed E-state index contributed by atoms with van der Waals surface area (Å²) in [7, 11) is 0. The van der Waals surface area contributed by atoms with Crippen LogP contribution in [0.5, 0.6) is 0 Å². The number of anilines is 1. The minimum atomic E-state index is -1.10. The summed E-state index contributed by atoms with van der Waals surface area (Å²) in [6, 6.07) is 0. The fraction of sp³-hybridized carbons (Fsp3) is 0.579. The maximum Gasteiger partial charge on any atom is 0.412 e. The first-order valence-electron chi connectivity index (χ1n) is 9.96. The Balaban J connectivity index is 2.14. The highest BCUT2D eigenvalue weighted by molar-refractivity contribution is 14.1. The Morgan fingerprint density at radius 2 is 1.79 bits per heavy atom. The molecule has 13 nitrogen and oxygen atoms in total. The number of hydrogen-bond acceptors (Lipinski definition) is 10. The van der Waals surface area contributed by atoms with E-state index in [-0.39, 0.29) is 18.3 Å². The Labute approximate surface area is 202 Å². The number of carbonyl (C=O) groups excluding carboxylic acids is 4. The van der Waals surface area contributed by atoms with E-state index < -0.39 is 48.3 Å². The summed E-state index contributed by atoms with van der Waals surface area (Å²) in [5.74, 6) is -1.46. The first-order valence-corrected chi connectivity index (χ1v) is 11.0. The van der Waals surface area contributed by atoms with Crippen LogP contribution in [0.1, 0.15) is 40.3 Å². The number of hydrogen-bond donors (Lipinski definition) is 2. The third kappa shape index (κ3) is 7.66. The lowest BCUT2D eigenvalue weighted by Crippen LogP contribution is -2.40. The zero-order valence-corrected chi connectivity index (χ0v) is 20.6. The van der Waals surface area contributed by atoms with Crippen LogP contribution >= 0.6 is 22.6 Å². The van der Waals surface area contributed by atoms with Crippen LogP contribution < -0.4 is 16.3 Å². The molecule has 0 saturated carbocycles. The van der Waals surface area contributed by atoms with Gasteiger partial charge in [0.1, 0.15) is 0 Å². The van der Waals surface area contributed by atoms with Crippen molar-refractivity contribution in [1.29, 1.82) is 0 Å². The van der Waals surface area contributed by atoms with E-state index in [1.54, 1.807) is 6.92 Å². The van der Waals surface area contributed by atoms with Gasteiger partial charge in [-0.1, -0.05) is 0 Å². The van der Waals surface area contributed by atoms with E-state index in [4.69, 9.17) is 18.9 Å². The van der Waals surface area contributed by atoms with Gasteiger partial charge in [0.15, 0.2) is 24.3 Å². The number of carbonyl (C=O) groups is 4. The minimum absolute atomic E-state index is 0.0321. The van der Waals surface area contributed by atoms with Gasteiger partial charge in [0, 0.05) is 33.5 Å². The van der Waals surface area contributed by atoms with Crippen LogP contribution in [-0.4, -0.2) is 65.0 Å². The van der Waals surface area contributed by atoms with Crippen molar-refractivity contribution >= 4 is 52.3 Å². The Kier molecular flexibility index (Phi) is 9.57. The normalized spacial score (nSPS) is 21.7. The lowest BCUT2D eigenvalue weighted by atomic mass is 10.1. The number of aromatic nitrogens is 2. The fourth-order valence-corrected chi connectivity index (χ4v) is 3.60. The molecule has 0 bridgehead atoms. The summed E-state index contributed by atoms with van der Waals surface area (Å²) in [5, 5.41) is 4.95. The average molecular weight is 580 g/mol. The van der Waals surface area contributed by atoms with Gasteiger partial charge < -0.3 is 24.3 Å². The van der Waals surface area contributed by atoms with Crippen LogP contribution in [0.2, 0.25) is 0 Å². The zero-order valence-electron chi connectivity index (χ0n) is 18.5. The molecule has 0 aliphatic carbocycles. The highest BCUT2D eigenvalue weighted by Crippen LogP contribution is 2.33. The van der Waals surface area contributed by atoms with Crippen LogP contribution in [0.25, 0.3) is 0 Å². The van der Waals surface area contributed by atoms with Crippen molar-refractivity contribution in [3.63, 3.8) is 0 Å². The molecule has 0 spiro atoms. The molecule has 2 amide bonds. The van der Waals surface area contributed by atoms with Crippen LogP contribution in [0.3, 0.4) is 0 Å². The summed E-state index contributed by atoms with van der Waals surface area (Å²) in [6.45, 7) is 5.80. The Morgan fingerprint density at radius 1 is 1.15 bits per heavy atom. The number of amides is 2. The second-order valence-corrected chi connectivity index (χ2v) is 8.27. The molecule has 2 rings (SSSR count). The first kappa shape index (κ1) is 26.5. The van der Waals surface area contributed by atoms with Crippen molar-refractivity contribution in [3.8, 4) is 0 Å². The van der Waals surface area contributed by atoms with Gasteiger partial charge >= 0.3 is 23.7 Å². The van der Waals surface area contributed by atoms with Gasteiger partial charge in [-0.05, 0) is 35.9 Å². The number of rotatable bonds is 8.